The van der Waals surface area contributed by atoms with Crippen LogP contribution in [0.25, 0.3) is 0 Å². The second-order valence-electron chi connectivity index (χ2n) is 17.8. The molecule has 0 unspecified atom stereocenters. The highest BCUT2D eigenvalue weighted by molar-refractivity contribution is 5.74. The molecule has 0 saturated carbocycles. The molecule has 0 aliphatic carbocycles. The highest BCUT2D eigenvalue weighted by atomic mass is 16.7. The molecule has 2 fully saturated rings. The summed E-state index contributed by atoms with van der Waals surface area (Å²) in [5.41, 5.74) is 0.829. The summed E-state index contributed by atoms with van der Waals surface area (Å²) >= 11 is 0. The minimum Gasteiger partial charge on any atom is -0.463 e. The second kappa shape index (κ2) is 34.9. The molecular weight excluding hydrogens is 1020 g/mol. The molecule has 0 spiro atoms. The molecule has 2 aliphatic rings. The Morgan fingerprint density at radius 2 is 0.870 bits per heavy atom. The van der Waals surface area contributed by atoms with Crippen molar-refractivity contribution in [3.8, 4) is 0 Å². The first-order chi connectivity index (χ1) is 36.6. The van der Waals surface area contributed by atoms with Gasteiger partial charge in [0.1, 0.15) is 56.8 Å². The zero-order chi connectivity index (χ0) is 56.9. The van der Waals surface area contributed by atoms with E-state index in [1.54, 1.807) is 0 Å². The van der Waals surface area contributed by atoms with Crippen LogP contribution in [0.1, 0.15) is 99.5 Å². The number of esters is 6. The quantitative estimate of drug-likeness (QED) is 0.0467. The summed E-state index contributed by atoms with van der Waals surface area (Å²) < 4.78 is 72.7. The summed E-state index contributed by atoms with van der Waals surface area (Å²) in [6, 6.07) is 6.97. The lowest BCUT2D eigenvalue weighted by atomic mass is 9.96. The van der Waals surface area contributed by atoms with Crippen molar-refractivity contribution in [2.24, 2.45) is 0 Å². The molecular formula is C50H74N4O23. The van der Waals surface area contributed by atoms with Crippen molar-refractivity contribution in [2.75, 3.05) is 52.7 Å². The minimum atomic E-state index is -1.26. The highest BCUT2D eigenvalue weighted by Gasteiger charge is 2.52. The Morgan fingerprint density at radius 1 is 0.481 bits per heavy atom. The van der Waals surface area contributed by atoms with Gasteiger partial charge < -0.3 is 82.8 Å². The summed E-state index contributed by atoms with van der Waals surface area (Å²) in [6.45, 7) is 8.87. The van der Waals surface area contributed by atoms with Gasteiger partial charge in [0, 0.05) is 81.7 Å². The normalized spacial score (nSPS) is 22.7. The number of ether oxygens (including phenoxy) is 13. The first kappa shape index (κ1) is 64.6. The lowest BCUT2D eigenvalue weighted by molar-refractivity contribution is -0.277. The van der Waals surface area contributed by atoms with Gasteiger partial charge in [-0.25, -0.2) is 9.59 Å². The molecule has 2 saturated heterocycles. The fourth-order valence-corrected chi connectivity index (χ4v) is 7.83. The highest BCUT2D eigenvalue weighted by Crippen LogP contribution is 2.30. The Balaban J connectivity index is 1.45. The van der Waals surface area contributed by atoms with E-state index in [1.807, 2.05) is 30.3 Å². The molecule has 1 aromatic rings. The van der Waals surface area contributed by atoms with Crippen LogP contribution in [0.4, 0.5) is 9.59 Å². The Morgan fingerprint density at radius 3 is 1.23 bits per heavy atom. The number of carbonyl (C=O) groups excluding carboxylic acids is 10. The predicted molar refractivity (Wildman–Crippen MR) is 261 cm³/mol. The van der Waals surface area contributed by atoms with Gasteiger partial charge in [-0.1, -0.05) is 30.3 Å². The third-order valence-electron chi connectivity index (χ3n) is 11.0. The maximum Gasteiger partial charge on any atom is 0.407 e. The van der Waals surface area contributed by atoms with Crippen LogP contribution in [-0.2, 0) is 107 Å². The molecule has 0 bridgehead atoms. The number of unbranched alkanes of at least 4 members (excludes halogenated alkanes) is 4. The molecule has 10 atom stereocenters. The summed E-state index contributed by atoms with van der Waals surface area (Å²) in [7, 11) is 0. The second-order valence-corrected chi connectivity index (χ2v) is 17.8. The molecule has 2 aliphatic heterocycles. The van der Waals surface area contributed by atoms with Gasteiger partial charge in [-0.05, 0) is 44.1 Å². The van der Waals surface area contributed by atoms with Gasteiger partial charge in [-0.15, -0.1) is 0 Å². The summed E-state index contributed by atoms with van der Waals surface area (Å²) in [5, 5.41) is 10.6. The number of rotatable bonds is 31. The van der Waals surface area contributed by atoms with Crippen LogP contribution >= 0.6 is 0 Å². The van der Waals surface area contributed by atoms with Gasteiger partial charge in [0.25, 0.3) is 0 Å². The summed E-state index contributed by atoms with van der Waals surface area (Å²) in [4.78, 5) is 121. The van der Waals surface area contributed by atoms with E-state index in [0.717, 1.165) is 33.3 Å². The molecule has 0 radical (unpaired) electrons. The molecule has 1 aromatic carbocycles. The van der Waals surface area contributed by atoms with E-state index in [9.17, 15) is 47.9 Å². The average Bonchev–Trinajstić information content (AvgIpc) is 3.34. The van der Waals surface area contributed by atoms with Crippen molar-refractivity contribution in [1.29, 1.82) is 0 Å². The largest absolute Gasteiger partial charge is 0.463 e. The summed E-state index contributed by atoms with van der Waals surface area (Å²) in [6.07, 6.45) is -9.00. The number of nitrogens with one attached hydrogen (secondary N) is 4. The molecule has 4 amide bonds. The van der Waals surface area contributed by atoms with Crippen molar-refractivity contribution >= 4 is 59.8 Å². The number of alkyl carbamates (subject to hydrolysis) is 2. The van der Waals surface area contributed by atoms with E-state index in [-0.39, 0.29) is 59.3 Å². The van der Waals surface area contributed by atoms with Gasteiger partial charge in [-0.3, -0.25) is 38.4 Å². The van der Waals surface area contributed by atoms with E-state index in [4.69, 9.17) is 61.6 Å². The van der Waals surface area contributed by atoms with Gasteiger partial charge in [-0.2, -0.15) is 0 Å². The molecule has 432 valence electrons. The molecule has 2 heterocycles. The number of carbonyl (C=O) groups is 10. The first-order valence-electron chi connectivity index (χ1n) is 25.1. The smallest absolute Gasteiger partial charge is 0.407 e. The molecule has 3 rings (SSSR count). The van der Waals surface area contributed by atoms with Crippen molar-refractivity contribution < 1.29 is 110 Å². The van der Waals surface area contributed by atoms with E-state index in [1.165, 1.54) is 27.7 Å². The molecule has 27 nitrogen and oxygen atoms in total. The SMILES string of the molecule is CC(=O)N[C@H]1[C@H](OCCCCCNC(=O)OCC(COC(=O)NCCCCCO[C@@H]2O[C@H](COC(C)=O)[C@H](OC(C)=O)[C@H](OC(C)=O)[C@H]2NC(C)=O)OCc2ccccc2)O[C@H](COC(C)=O)[C@H](OC(C)=O)[C@@H]1OC(C)=O. The van der Waals surface area contributed by atoms with Crippen LogP contribution in [-0.4, -0.2) is 180 Å². The fourth-order valence-electron chi connectivity index (χ4n) is 7.83. The Labute approximate surface area is 446 Å². The Kier molecular flexibility index (Phi) is 29.3. The number of benzene rings is 1. The zero-order valence-corrected chi connectivity index (χ0v) is 44.7. The van der Waals surface area contributed by atoms with Crippen molar-refractivity contribution in [3.63, 3.8) is 0 Å². The van der Waals surface area contributed by atoms with Crippen LogP contribution in [0.2, 0.25) is 0 Å². The number of hydrogen-bond acceptors (Lipinski definition) is 23. The van der Waals surface area contributed by atoms with Gasteiger partial charge in [0.05, 0.1) is 6.61 Å². The Hall–Kier alpha value is -6.68. The monoisotopic (exact) mass is 1100 g/mol. The fraction of sp³-hybridized carbons (Fsp3) is 0.680. The van der Waals surface area contributed by atoms with Crippen LogP contribution in [0.5, 0.6) is 0 Å². The van der Waals surface area contributed by atoms with E-state index in [2.05, 4.69) is 21.3 Å². The van der Waals surface area contributed by atoms with Crippen LogP contribution in [0.3, 0.4) is 0 Å². The molecule has 0 aromatic heterocycles. The topological polar surface area (TPSA) is 339 Å². The van der Waals surface area contributed by atoms with E-state index >= 15 is 0 Å². The zero-order valence-electron chi connectivity index (χ0n) is 44.7. The lowest BCUT2D eigenvalue weighted by Crippen LogP contribution is -2.66. The third-order valence-corrected chi connectivity index (χ3v) is 11.0. The number of hydrogen-bond donors (Lipinski definition) is 4. The minimum absolute atomic E-state index is 0.0881. The van der Waals surface area contributed by atoms with Gasteiger partial charge in [0.2, 0.25) is 11.8 Å². The molecule has 27 heteroatoms. The molecule has 77 heavy (non-hydrogen) atoms. The molecule has 4 N–H and O–H groups in total. The Bertz CT molecular complexity index is 1960. The predicted octanol–water partition coefficient (Wildman–Crippen LogP) is 1.71. The lowest BCUT2D eigenvalue weighted by Gasteiger charge is -2.44. The first-order valence-corrected chi connectivity index (χ1v) is 25.1. The summed E-state index contributed by atoms with van der Waals surface area (Å²) in [5.74, 6) is -5.24. The number of amides is 4. The van der Waals surface area contributed by atoms with Gasteiger partial charge >= 0.3 is 48.0 Å². The van der Waals surface area contributed by atoms with E-state index in [0.29, 0.717) is 38.5 Å². The maximum atomic E-state index is 12.7. The van der Waals surface area contributed by atoms with Gasteiger partial charge in [0.15, 0.2) is 37.0 Å². The van der Waals surface area contributed by atoms with E-state index < -0.39 is 127 Å². The van der Waals surface area contributed by atoms with Crippen molar-refractivity contribution in [3.05, 3.63) is 35.9 Å². The average molecular weight is 1100 g/mol. The third kappa shape index (κ3) is 25.8. The van der Waals surface area contributed by atoms with Crippen molar-refractivity contribution in [2.45, 2.75) is 168 Å². The van der Waals surface area contributed by atoms with Crippen LogP contribution in [0.15, 0.2) is 30.3 Å². The van der Waals surface area contributed by atoms with Crippen molar-refractivity contribution in [1.82, 2.24) is 21.3 Å². The van der Waals surface area contributed by atoms with Crippen LogP contribution < -0.4 is 21.3 Å². The maximum absolute atomic E-state index is 12.7. The standard InChI is InChI=1S/C50H74N4O23/c1-29(55)53-41-45(74-35(7)61)43(72-33(5)59)39(27-67-31(3)57)76-47(41)65-22-16-10-14-20-51-49(63)70-25-38(69-24-37-18-12-9-13-19-37)26-71-50(64)52-21-15-11-17-23-66-48-42(54-30(2)56)46(75-36(8)62)44(73-34(6)60)40(77-48)28-68-32(4)58/h9,12-13,18-19,38-48H,10-11,14-17,20-28H2,1-8H3,(H,51,63)(H,52,64)(H,53,55)(H,54,56)/t39-,40-,41-,42-,43+,44+,45-,46-,47-,48-/m1/s1. The van der Waals surface area contributed by atoms with Crippen LogP contribution in [0, 0.1) is 0 Å².